The molecule has 128 valence electrons. The van der Waals surface area contributed by atoms with Gasteiger partial charge in [0.05, 0.1) is 25.4 Å². The van der Waals surface area contributed by atoms with Gasteiger partial charge in [-0.25, -0.2) is 4.98 Å². The van der Waals surface area contributed by atoms with Gasteiger partial charge >= 0.3 is 0 Å². The summed E-state index contributed by atoms with van der Waals surface area (Å²) in [7, 11) is 1.59. The fourth-order valence-electron chi connectivity index (χ4n) is 3.99. The van der Waals surface area contributed by atoms with Gasteiger partial charge in [0.25, 0.3) is 0 Å². The molecule has 0 radical (unpaired) electrons. The van der Waals surface area contributed by atoms with Crippen LogP contribution in [0.15, 0.2) is 18.3 Å². The summed E-state index contributed by atoms with van der Waals surface area (Å²) in [6, 6.07) is 3.65. The highest BCUT2D eigenvalue weighted by atomic mass is 35.5. The van der Waals surface area contributed by atoms with Gasteiger partial charge in [-0.3, -0.25) is 4.98 Å². The molecule has 2 aromatic heterocycles. The zero-order valence-electron chi connectivity index (χ0n) is 13.8. The molecule has 2 N–H and O–H groups in total. The molecule has 0 atom stereocenters. The Morgan fingerprint density at radius 1 is 1.17 bits per heavy atom. The maximum absolute atomic E-state index is 6.40. The number of halogens is 1. The van der Waals surface area contributed by atoms with E-state index >= 15 is 0 Å². The van der Waals surface area contributed by atoms with Crippen molar-refractivity contribution in [3.63, 3.8) is 0 Å². The Bertz CT molecular complexity index is 756. The summed E-state index contributed by atoms with van der Waals surface area (Å²) in [5, 5.41) is 0.486. The van der Waals surface area contributed by atoms with Gasteiger partial charge in [-0.1, -0.05) is 11.6 Å². The molecule has 0 unspecified atom stereocenters. The third-order valence-electron chi connectivity index (χ3n) is 5.79. The Kier molecular flexibility index (Phi) is 3.81. The lowest BCUT2D eigenvalue weighted by Crippen LogP contribution is -2.53. The summed E-state index contributed by atoms with van der Waals surface area (Å²) in [4.78, 5) is 8.79. The maximum Gasteiger partial charge on any atom is 0.213 e. The molecule has 3 fully saturated rings. The van der Waals surface area contributed by atoms with Crippen molar-refractivity contribution in [1.29, 1.82) is 0 Å². The zero-order chi connectivity index (χ0) is 16.8. The molecule has 0 spiro atoms. The average molecular weight is 348 g/mol. The molecule has 0 amide bonds. The molecule has 6 heteroatoms. The smallest absolute Gasteiger partial charge is 0.213 e. The van der Waals surface area contributed by atoms with Gasteiger partial charge in [0, 0.05) is 17.0 Å². The van der Waals surface area contributed by atoms with Gasteiger partial charge in [0.2, 0.25) is 5.88 Å². The first kappa shape index (κ1) is 15.9. The number of pyridine rings is 2. The Balaban J connectivity index is 1.61. The van der Waals surface area contributed by atoms with E-state index in [9.17, 15) is 0 Å². The number of hydrogen-bond acceptors (Lipinski definition) is 5. The van der Waals surface area contributed by atoms with Crippen molar-refractivity contribution in [2.45, 2.75) is 44.1 Å². The average Bonchev–Trinajstić information content (AvgIpc) is 2.62. The van der Waals surface area contributed by atoms with Crippen LogP contribution in [-0.4, -0.2) is 29.2 Å². The first-order chi connectivity index (χ1) is 11.5. The summed E-state index contributed by atoms with van der Waals surface area (Å²) in [5.41, 5.74) is 8.09. The second-order valence-corrected chi connectivity index (χ2v) is 7.71. The molecule has 5 rings (SSSR count). The van der Waals surface area contributed by atoms with E-state index in [2.05, 4.69) is 9.97 Å². The molecule has 3 aliphatic rings. The van der Waals surface area contributed by atoms with E-state index in [1.54, 1.807) is 19.4 Å². The molecular weight excluding hydrogens is 326 g/mol. The first-order valence-corrected chi connectivity index (χ1v) is 8.81. The fourth-order valence-corrected chi connectivity index (χ4v) is 4.18. The molecule has 2 aromatic rings. The van der Waals surface area contributed by atoms with Crippen LogP contribution in [0.3, 0.4) is 0 Å². The van der Waals surface area contributed by atoms with Gasteiger partial charge in [0.1, 0.15) is 10.5 Å². The van der Waals surface area contributed by atoms with Crippen LogP contribution in [0.4, 0.5) is 0 Å². The lowest BCUT2D eigenvalue weighted by molar-refractivity contribution is 0.00570. The second-order valence-electron chi connectivity index (χ2n) is 7.31. The van der Waals surface area contributed by atoms with Crippen LogP contribution in [0.25, 0.3) is 11.0 Å². The van der Waals surface area contributed by atoms with E-state index < -0.39 is 0 Å². The van der Waals surface area contributed by atoms with Crippen molar-refractivity contribution in [2.24, 2.45) is 11.1 Å². The molecule has 0 aliphatic heterocycles. The van der Waals surface area contributed by atoms with Crippen molar-refractivity contribution >= 4 is 22.6 Å². The van der Waals surface area contributed by atoms with E-state index in [0.29, 0.717) is 28.8 Å². The standard InChI is InChI=1S/C18H22ClN3O2/c1-23-14-3-2-13-15(22-14)16(12(19)10-21-13)24-11-17-4-7-18(20,8-5-17)9-6-17/h2-3,10H,4-9,11,20H2,1H3. The van der Waals surface area contributed by atoms with Crippen molar-refractivity contribution < 1.29 is 9.47 Å². The quantitative estimate of drug-likeness (QED) is 0.912. The van der Waals surface area contributed by atoms with E-state index in [4.69, 9.17) is 26.8 Å². The van der Waals surface area contributed by atoms with E-state index in [1.807, 2.05) is 6.07 Å². The Morgan fingerprint density at radius 2 is 1.88 bits per heavy atom. The van der Waals surface area contributed by atoms with Gasteiger partial charge in [-0.05, 0) is 44.6 Å². The summed E-state index contributed by atoms with van der Waals surface area (Å²) in [5.74, 6) is 1.13. The molecule has 2 bridgehead atoms. The highest BCUT2D eigenvalue weighted by Crippen LogP contribution is 2.51. The van der Waals surface area contributed by atoms with Crippen molar-refractivity contribution in [3.8, 4) is 11.6 Å². The molecular formula is C18H22ClN3O2. The lowest BCUT2D eigenvalue weighted by Gasteiger charge is -2.51. The highest BCUT2D eigenvalue weighted by molar-refractivity contribution is 6.32. The number of fused-ring (bicyclic) bond motifs is 4. The lowest BCUT2D eigenvalue weighted by atomic mass is 9.58. The number of ether oxygens (including phenoxy) is 2. The van der Waals surface area contributed by atoms with Crippen LogP contribution in [0.1, 0.15) is 38.5 Å². The number of nitrogens with two attached hydrogens (primary N) is 1. The Labute approximate surface area is 146 Å². The molecule has 3 aliphatic carbocycles. The number of rotatable bonds is 4. The Hall–Kier alpha value is -1.59. The van der Waals surface area contributed by atoms with Crippen molar-refractivity contribution in [3.05, 3.63) is 23.4 Å². The van der Waals surface area contributed by atoms with Gasteiger partial charge in [0.15, 0.2) is 5.75 Å². The SMILES string of the molecule is COc1ccc2ncc(Cl)c(OCC34CCC(N)(CC3)CC4)c2n1. The summed E-state index contributed by atoms with van der Waals surface area (Å²) in [6.07, 6.45) is 8.27. The van der Waals surface area contributed by atoms with E-state index in [1.165, 1.54) is 0 Å². The zero-order valence-corrected chi connectivity index (χ0v) is 14.6. The van der Waals surface area contributed by atoms with Crippen molar-refractivity contribution in [1.82, 2.24) is 9.97 Å². The van der Waals surface area contributed by atoms with Crippen LogP contribution in [-0.2, 0) is 0 Å². The number of aromatic nitrogens is 2. The number of nitrogens with zero attached hydrogens (tertiary/aromatic N) is 2. The molecule has 24 heavy (non-hydrogen) atoms. The first-order valence-electron chi connectivity index (χ1n) is 8.44. The molecule has 3 saturated carbocycles. The Morgan fingerprint density at radius 3 is 2.54 bits per heavy atom. The summed E-state index contributed by atoms with van der Waals surface area (Å²) < 4.78 is 11.4. The van der Waals surface area contributed by atoms with Gasteiger partial charge in [-0.15, -0.1) is 0 Å². The fraction of sp³-hybridized carbons (Fsp3) is 0.556. The predicted molar refractivity (Wildman–Crippen MR) is 93.6 cm³/mol. The van der Waals surface area contributed by atoms with Crippen LogP contribution in [0.5, 0.6) is 11.6 Å². The minimum Gasteiger partial charge on any atom is -0.489 e. The second kappa shape index (κ2) is 5.74. The monoisotopic (exact) mass is 347 g/mol. The number of methoxy groups -OCH3 is 1. The predicted octanol–water partition coefficient (Wildman–Crippen LogP) is 3.72. The maximum atomic E-state index is 6.40. The highest BCUT2D eigenvalue weighted by Gasteiger charge is 2.47. The molecule has 2 heterocycles. The third-order valence-corrected chi connectivity index (χ3v) is 6.06. The largest absolute Gasteiger partial charge is 0.489 e. The van der Waals surface area contributed by atoms with E-state index in [-0.39, 0.29) is 11.0 Å². The normalized spacial score (nSPS) is 29.0. The minimum atomic E-state index is 0.0671. The number of hydrogen-bond donors (Lipinski definition) is 1. The van der Waals surface area contributed by atoms with Gasteiger partial charge in [-0.2, -0.15) is 0 Å². The topological polar surface area (TPSA) is 70.3 Å². The minimum absolute atomic E-state index is 0.0671. The summed E-state index contributed by atoms with van der Waals surface area (Å²) in [6.45, 7) is 0.654. The van der Waals surface area contributed by atoms with Crippen LogP contribution in [0.2, 0.25) is 5.02 Å². The summed E-state index contributed by atoms with van der Waals surface area (Å²) >= 11 is 6.35. The van der Waals surface area contributed by atoms with Crippen LogP contribution >= 0.6 is 11.6 Å². The molecule has 5 nitrogen and oxygen atoms in total. The third kappa shape index (κ3) is 2.70. The van der Waals surface area contributed by atoms with Crippen molar-refractivity contribution in [2.75, 3.05) is 13.7 Å². The van der Waals surface area contributed by atoms with Gasteiger partial charge < -0.3 is 15.2 Å². The van der Waals surface area contributed by atoms with E-state index in [0.717, 1.165) is 44.0 Å². The molecule has 0 saturated heterocycles. The molecule has 0 aromatic carbocycles. The van der Waals surface area contributed by atoms with Crippen LogP contribution in [0, 0.1) is 5.41 Å². The van der Waals surface area contributed by atoms with Crippen LogP contribution < -0.4 is 15.2 Å².